The van der Waals surface area contributed by atoms with Gasteiger partial charge < -0.3 is 0 Å². The van der Waals surface area contributed by atoms with E-state index in [9.17, 15) is 10.1 Å². The number of benzene rings is 3. The van der Waals surface area contributed by atoms with Gasteiger partial charge in [0.1, 0.15) is 10.0 Å². The smallest absolute Gasteiger partial charge is 0.269 e. The quantitative estimate of drug-likeness (QED) is 0.220. The highest BCUT2D eigenvalue weighted by Gasteiger charge is 2.17. The maximum absolute atomic E-state index is 10.9. The van der Waals surface area contributed by atoms with Crippen molar-refractivity contribution < 1.29 is 4.92 Å². The molecule has 0 fully saturated rings. The molecule has 0 atom stereocenters. The van der Waals surface area contributed by atoms with Gasteiger partial charge in [-0.3, -0.25) is 15.5 Å². The number of para-hydroxylation sites is 2. The van der Waals surface area contributed by atoms with Crippen LogP contribution in [0.3, 0.4) is 0 Å². The van der Waals surface area contributed by atoms with Gasteiger partial charge in [0.25, 0.3) is 5.69 Å². The van der Waals surface area contributed by atoms with Crippen molar-refractivity contribution in [3.8, 4) is 0 Å². The Kier molecular flexibility index (Phi) is 4.66. The van der Waals surface area contributed by atoms with Crippen molar-refractivity contribution in [3.05, 3.63) is 92.9 Å². The van der Waals surface area contributed by atoms with Gasteiger partial charge in [0, 0.05) is 12.1 Å². The van der Waals surface area contributed by atoms with Crippen LogP contribution >= 0.6 is 22.7 Å². The number of anilines is 1. The molecular weight excluding hydrogens is 418 g/mol. The highest BCUT2D eigenvalue weighted by Crippen LogP contribution is 2.28. The molecule has 2 aromatic heterocycles. The number of nitro benzene ring substituents is 1. The lowest BCUT2D eigenvalue weighted by atomic mass is 10.3. The molecule has 0 radical (unpaired) electrons. The van der Waals surface area contributed by atoms with E-state index in [-0.39, 0.29) is 5.69 Å². The lowest BCUT2D eigenvalue weighted by Crippen LogP contribution is -2.06. The molecule has 1 N–H and O–H groups in total. The Morgan fingerprint density at radius 2 is 1.37 bits per heavy atom. The Labute approximate surface area is 178 Å². The number of fused-ring (bicyclic) bond motifs is 2. The molecule has 7 nitrogen and oxygen atoms in total. The molecule has 30 heavy (non-hydrogen) atoms. The maximum atomic E-state index is 10.9. The minimum Gasteiger partial charge on any atom is -0.278 e. The molecule has 0 aliphatic heterocycles. The van der Waals surface area contributed by atoms with Gasteiger partial charge in [0.2, 0.25) is 0 Å². The van der Waals surface area contributed by atoms with Gasteiger partial charge in [0.15, 0.2) is 5.71 Å². The average molecular weight is 432 g/mol. The van der Waals surface area contributed by atoms with Crippen LogP contribution in [0.15, 0.2) is 77.9 Å². The number of nitrogens with zero attached hydrogens (tertiary/aromatic N) is 4. The Hall–Kier alpha value is -3.69. The fourth-order valence-electron chi connectivity index (χ4n) is 2.91. The molecular formula is C21H13N5O2S2. The van der Waals surface area contributed by atoms with Gasteiger partial charge in [-0.1, -0.05) is 24.3 Å². The first-order chi connectivity index (χ1) is 14.7. The van der Waals surface area contributed by atoms with Crippen LogP contribution in [0, 0.1) is 10.1 Å². The van der Waals surface area contributed by atoms with Crippen molar-refractivity contribution in [3.63, 3.8) is 0 Å². The number of thiazole rings is 2. The van der Waals surface area contributed by atoms with E-state index in [1.54, 1.807) is 34.8 Å². The van der Waals surface area contributed by atoms with Crippen LogP contribution in [-0.4, -0.2) is 20.6 Å². The first kappa shape index (κ1) is 18.3. The predicted octanol–water partition coefficient (Wildman–Crippen LogP) is 5.68. The zero-order chi connectivity index (χ0) is 20.5. The van der Waals surface area contributed by atoms with E-state index in [2.05, 4.69) is 10.5 Å². The minimum absolute atomic E-state index is 0.0297. The van der Waals surface area contributed by atoms with E-state index in [0.29, 0.717) is 11.4 Å². The molecule has 0 amide bonds. The van der Waals surface area contributed by atoms with Crippen molar-refractivity contribution in [1.29, 1.82) is 0 Å². The van der Waals surface area contributed by atoms with Crippen molar-refractivity contribution in [2.75, 3.05) is 5.43 Å². The molecule has 0 bridgehead atoms. The first-order valence-corrected chi connectivity index (χ1v) is 10.6. The standard InChI is InChI=1S/C21H13N5O2S2/c27-26(28)14-11-9-13(10-12-14)24-25-19(20-22-15-5-1-3-7-17(15)29-20)21-23-16-6-2-4-8-18(16)30-21/h1-12,24H. The van der Waals surface area contributed by atoms with Gasteiger partial charge in [-0.05, 0) is 36.4 Å². The van der Waals surface area contributed by atoms with Crippen molar-refractivity contribution in [2.24, 2.45) is 5.10 Å². The minimum atomic E-state index is -0.430. The van der Waals surface area contributed by atoms with E-state index in [0.717, 1.165) is 30.4 Å². The number of aromatic nitrogens is 2. The van der Waals surface area contributed by atoms with Crippen LogP contribution in [-0.2, 0) is 0 Å². The molecule has 0 aliphatic rings. The highest BCUT2D eigenvalue weighted by atomic mass is 32.1. The number of nitro groups is 1. The van der Waals surface area contributed by atoms with Crippen LogP contribution in [0.5, 0.6) is 0 Å². The maximum Gasteiger partial charge on any atom is 0.269 e. The zero-order valence-corrected chi connectivity index (χ0v) is 17.0. The SMILES string of the molecule is O=[N+]([O-])c1ccc(NN=C(c2nc3ccccc3s2)c2nc3ccccc3s2)cc1. The Bertz CT molecular complexity index is 1260. The molecule has 5 aromatic rings. The summed E-state index contributed by atoms with van der Waals surface area (Å²) in [4.78, 5) is 19.9. The number of hydrogen-bond donors (Lipinski definition) is 1. The Balaban J connectivity index is 1.58. The molecule has 0 unspecified atom stereocenters. The molecule has 0 aliphatic carbocycles. The Morgan fingerprint density at radius 3 is 1.87 bits per heavy atom. The summed E-state index contributed by atoms with van der Waals surface area (Å²) in [6.45, 7) is 0. The van der Waals surface area contributed by atoms with Gasteiger partial charge in [-0.2, -0.15) is 5.10 Å². The van der Waals surface area contributed by atoms with Crippen molar-refractivity contribution >= 4 is 60.2 Å². The van der Waals surface area contributed by atoms with Crippen molar-refractivity contribution in [1.82, 2.24) is 9.97 Å². The topological polar surface area (TPSA) is 93.3 Å². The van der Waals surface area contributed by atoms with Crippen LogP contribution in [0.1, 0.15) is 10.0 Å². The first-order valence-electron chi connectivity index (χ1n) is 8.97. The summed E-state index contributed by atoms with van der Waals surface area (Å²) in [5.41, 5.74) is 6.11. The van der Waals surface area contributed by atoms with E-state index < -0.39 is 4.92 Å². The summed E-state index contributed by atoms with van der Waals surface area (Å²) in [6.07, 6.45) is 0. The molecule has 9 heteroatoms. The van der Waals surface area contributed by atoms with E-state index in [1.807, 2.05) is 48.5 Å². The third-order valence-corrected chi connectivity index (χ3v) is 6.45. The van der Waals surface area contributed by atoms with Gasteiger partial charge in [-0.15, -0.1) is 22.7 Å². The summed E-state index contributed by atoms with van der Waals surface area (Å²) in [5, 5.41) is 17.0. The summed E-state index contributed by atoms with van der Waals surface area (Å²) >= 11 is 3.09. The van der Waals surface area contributed by atoms with Crippen LogP contribution in [0.2, 0.25) is 0 Å². The van der Waals surface area contributed by atoms with E-state index in [4.69, 9.17) is 9.97 Å². The lowest BCUT2D eigenvalue weighted by Gasteiger charge is -2.03. The Morgan fingerprint density at radius 1 is 0.833 bits per heavy atom. The molecule has 146 valence electrons. The number of hydrazone groups is 1. The summed E-state index contributed by atoms with van der Waals surface area (Å²) in [6, 6.07) is 22.0. The second-order valence-corrected chi connectivity index (χ2v) is 8.41. The molecule has 0 saturated heterocycles. The van der Waals surface area contributed by atoms with E-state index in [1.165, 1.54) is 12.1 Å². The second kappa shape index (κ2) is 7.62. The van der Waals surface area contributed by atoms with Gasteiger partial charge >= 0.3 is 0 Å². The predicted molar refractivity (Wildman–Crippen MR) is 122 cm³/mol. The summed E-state index contributed by atoms with van der Waals surface area (Å²) in [5.74, 6) is 0. The lowest BCUT2D eigenvalue weighted by molar-refractivity contribution is -0.384. The van der Waals surface area contributed by atoms with Crippen LogP contribution in [0.25, 0.3) is 20.4 Å². The fraction of sp³-hybridized carbons (Fsp3) is 0. The third-order valence-electron chi connectivity index (χ3n) is 4.37. The van der Waals surface area contributed by atoms with Gasteiger partial charge in [-0.25, -0.2) is 9.97 Å². The normalized spacial score (nSPS) is 10.9. The molecule has 0 spiro atoms. The van der Waals surface area contributed by atoms with Crippen molar-refractivity contribution in [2.45, 2.75) is 0 Å². The fourth-order valence-corrected chi connectivity index (χ4v) is 4.89. The third kappa shape index (κ3) is 3.51. The van der Waals surface area contributed by atoms with Crippen LogP contribution in [0.4, 0.5) is 11.4 Å². The zero-order valence-electron chi connectivity index (χ0n) is 15.4. The number of hydrogen-bond acceptors (Lipinski definition) is 8. The second-order valence-electron chi connectivity index (χ2n) is 6.35. The monoisotopic (exact) mass is 431 g/mol. The molecule has 3 aromatic carbocycles. The van der Waals surface area contributed by atoms with E-state index >= 15 is 0 Å². The number of non-ortho nitro benzene ring substituents is 1. The van der Waals surface area contributed by atoms with Gasteiger partial charge in [0.05, 0.1) is 31.0 Å². The average Bonchev–Trinajstić information content (AvgIpc) is 3.38. The van der Waals surface area contributed by atoms with Crippen LogP contribution < -0.4 is 5.43 Å². The number of rotatable bonds is 5. The summed E-state index contributed by atoms with van der Waals surface area (Å²) < 4.78 is 2.13. The highest BCUT2D eigenvalue weighted by molar-refractivity contribution is 7.23. The largest absolute Gasteiger partial charge is 0.278 e. The molecule has 0 saturated carbocycles. The molecule has 5 rings (SSSR count). The molecule has 2 heterocycles. The summed E-state index contributed by atoms with van der Waals surface area (Å²) in [7, 11) is 0. The number of nitrogens with one attached hydrogen (secondary N) is 1.